The minimum absolute atomic E-state index is 0.189. The molecule has 0 N–H and O–H groups in total. The summed E-state index contributed by atoms with van der Waals surface area (Å²) < 4.78 is 0.866. The number of amides is 2. The first-order valence-corrected chi connectivity index (χ1v) is 10.4. The molecule has 3 aliphatic rings. The molecule has 6 nitrogen and oxygen atoms in total. The quantitative estimate of drug-likeness (QED) is 0.531. The van der Waals surface area contributed by atoms with Gasteiger partial charge < -0.3 is 0 Å². The van der Waals surface area contributed by atoms with Crippen molar-refractivity contribution in [3.8, 4) is 0 Å². The van der Waals surface area contributed by atoms with Gasteiger partial charge in [0.15, 0.2) is 5.78 Å². The van der Waals surface area contributed by atoms with E-state index in [2.05, 4.69) is 21.0 Å². The second-order valence-electron chi connectivity index (χ2n) is 7.49. The minimum atomic E-state index is -0.802. The Bertz CT molecular complexity index is 1070. The van der Waals surface area contributed by atoms with Crippen LogP contribution in [-0.4, -0.2) is 46.3 Å². The Morgan fingerprint density at radius 2 is 1.72 bits per heavy atom. The largest absolute Gasteiger partial charge is 0.292 e. The van der Waals surface area contributed by atoms with E-state index in [-0.39, 0.29) is 17.6 Å². The lowest BCUT2D eigenvalue weighted by molar-refractivity contribution is -0.141. The molecule has 2 saturated heterocycles. The molecule has 5 rings (SSSR count). The highest BCUT2D eigenvalue weighted by molar-refractivity contribution is 9.10. The Balaban J connectivity index is 1.65. The Kier molecular flexibility index (Phi) is 4.17. The Morgan fingerprint density at radius 3 is 2.45 bits per heavy atom. The van der Waals surface area contributed by atoms with Gasteiger partial charge in [0.1, 0.15) is 6.04 Å². The van der Waals surface area contributed by atoms with Crippen LogP contribution in [0.5, 0.6) is 0 Å². The fourth-order valence-corrected chi connectivity index (χ4v) is 5.09. The van der Waals surface area contributed by atoms with Gasteiger partial charge in [-0.1, -0.05) is 52.3 Å². The number of hydrogen-bond donors (Lipinski definition) is 0. The third-order valence-electron chi connectivity index (χ3n) is 6.10. The van der Waals surface area contributed by atoms with E-state index in [1.807, 2.05) is 24.3 Å². The van der Waals surface area contributed by atoms with Gasteiger partial charge >= 0.3 is 0 Å². The van der Waals surface area contributed by atoms with Crippen LogP contribution >= 0.6 is 15.9 Å². The monoisotopic (exact) mass is 451 g/mol. The molecular weight excluding hydrogens is 434 g/mol. The maximum atomic E-state index is 13.5. The van der Waals surface area contributed by atoms with E-state index in [9.17, 15) is 14.4 Å². The fraction of sp³-hybridized carbons (Fsp3) is 0.273. The van der Waals surface area contributed by atoms with Crippen molar-refractivity contribution in [3.63, 3.8) is 0 Å². The van der Waals surface area contributed by atoms with Gasteiger partial charge in [0.05, 0.1) is 24.1 Å². The molecule has 2 amide bonds. The van der Waals surface area contributed by atoms with Crippen LogP contribution < -0.4 is 0 Å². The van der Waals surface area contributed by atoms with Gasteiger partial charge in [-0.3, -0.25) is 24.3 Å². The number of ketones is 1. The molecule has 29 heavy (non-hydrogen) atoms. The van der Waals surface area contributed by atoms with E-state index in [1.165, 1.54) is 4.90 Å². The first kappa shape index (κ1) is 18.2. The zero-order chi connectivity index (χ0) is 20.3. The summed E-state index contributed by atoms with van der Waals surface area (Å²) in [4.78, 5) is 41.1. The first-order valence-electron chi connectivity index (χ1n) is 9.59. The van der Waals surface area contributed by atoms with E-state index in [0.717, 1.165) is 15.6 Å². The normalized spacial score (nSPS) is 27.1. The second-order valence-corrected chi connectivity index (χ2v) is 8.40. The Morgan fingerprint density at radius 1 is 1.03 bits per heavy atom. The van der Waals surface area contributed by atoms with Gasteiger partial charge in [-0.2, -0.15) is 5.10 Å². The van der Waals surface area contributed by atoms with Crippen LogP contribution in [0, 0.1) is 11.8 Å². The standard InChI is InChI=1S/C22H18BrN3O3/c1-2-25-21(28)16-17(22(25)29)19(20(27)12-7-9-14(23)10-8-12)26-18(16)15-6-4-3-5-13(15)11-24-26/h3-11,16-19H,2H2,1H3/t16-,17+,18+,19+/m0/s1. The number of hydrogen-bond acceptors (Lipinski definition) is 5. The van der Waals surface area contributed by atoms with Crippen LogP contribution in [0.1, 0.15) is 34.5 Å². The van der Waals surface area contributed by atoms with E-state index in [0.29, 0.717) is 12.1 Å². The van der Waals surface area contributed by atoms with Gasteiger partial charge in [0, 0.05) is 16.6 Å². The van der Waals surface area contributed by atoms with Crippen molar-refractivity contribution >= 4 is 39.7 Å². The van der Waals surface area contributed by atoms with Crippen molar-refractivity contribution in [2.24, 2.45) is 16.9 Å². The average molecular weight is 452 g/mol. The predicted octanol–water partition coefficient (Wildman–Crippen LogP) is 3.03. The fourth-order valence-electron chi connectivity index (χ4n) is 4.83. The number of likely N-dealkylation sites (tertiary alicyclic amines) is 1. The highest BCUT2D eigenvalue weighted by Gasteiger charge is 2.64. The van der Waals surface area contributed by atoms with Crippen molar-refractivity contribution < 1.29 is 14.4 Å². The van der Waals surface area contributed by atoms with Crippen LogP contribution in [0.25, 0.3) is 0 Å². The molecule has 2 aromatic rings. The molecule has 3 aliphatic heterocycles. The van der Waals surface area contributed by atoms with Crippen molar-refractivity contribution in [2.75, 3.05) is 6.54 Å². The number of fused-ring (bicyclic) bond motifs is 5. The van der Waals surface area contributed by atoms with E-state index in [1.54, 1.807) is 42.4 Å². The highest BCUT2D eigenvalue weighted by atomic mass is 79.9. The molecule has 0 spiro atoms. The molecule has 0 aromatic heterocycles. The summed E-state index contributed by atoms with van der Waals surface area (Å²) in [7, 11) is 0. The maximum Gasteiger partial charge on any atom is 0.235 e. The van der Waals surface area contributed by atoms with Crippen molar-refractivity contribution in [1.29, 1.82) is 0 Å². The Labute approximate surface area is 176 Å². The van der Waals surface area contributed by atoms with Crippen molar-refractivity contribution in [3.05, 3.63) is 69.7 Å². The van der Waals surface area contributed by atoms with Crippen molar-refractivity contribution in [1.82, 2.24) is 9.91 Å². The number of carbonyl (C=O) groups excluding carboxylic acids is 3. The van der Waals surface area contributed by atoms with Gasteiger partial charge in [0.25, 0.3) is 0 Å². The summed E-state index contributed by atoms with van der Waals surface area (Å²) >= 11 is 3.38. The predicted molar refractivity (Wildman–Crippen MR) is 110 cm³/mol. The van der Waals surface area contributed by atoms with E-state index < -0.39 is 23.9 Å². The van der Waals surface area contributed by atoms with Crippen LogP contribution in [0.15, 0.2) is 58.1 Å². The summed E-state index contributed by atoms with van der Waals surface area (Å²) in [5, 5.41) is 6.22. The topological polar surface area (TPSA) is 70.1 Å². The number of Topliss-reactive ketones (excluding diaryl/α,β-unsaturated/α-hetero) is 1. The van der Waals surface area contributed by atoms with Crippen LogP contribution in [-0.2, 0) is 9.59 Å². The molecule has 0 unspecified atom stereocenters. The molecule has 146 valence electrons. The molecule has 0 saturated carbocycles. The maximum absolute atomic E-state index is 13.5. The molecular formula is C22H18BrN3O3. The van der Waals surface area contributed by atoms with Gasteiger partial charge in [-0.25, -0.2) is 0 Å². The first-order chi connectivity index (χ1) is 14.0. The van der Waals surface area contributed by atoms with Crippen molar-refractivity contribution in [2.45, 2.75) is 19.0 Å². The molecule has 4 atom stereocenters. The summed E-state index contributed by atoms with van der Waals surface area (Å²) in [6.07, 6.45) is 1.71. The number of nitrogens with zero attached hydrogens (tertiary/aromatic N) is 3. The molecule has 2 fully saturated rings. The minimum Gasteiger partial charge on any atom is -0.292 e. The van der Waals surface area contributed by atoms with Gasteiger partial charge in [-0.15, -0.1) is 0 Å². The number of halogens is 1. The second kappa shape index (κ2) is 6.62. The number of imide groups is 1. The summed E-state index contributed by atoms with van der Waals surface area (Å²) in [6, 6.07) is 13.6. The SMILES string of the molecule is CCN1C(=O)[C@@H]2[C@H](C1=O)[C@H]1c3ccccc3C=NN1[C@H]2C(=O)c1ccc(Br)cc1. The highest BCUT2D eigenvalue weighted by Crippen LogP contribution is 2.52. The zero-order valence-corrected chi connectivity index (χ0v) is 17.2. The third-order valence-corrected chi connectivity index (χ3v) is 6.63. The molecule has 0 radical (unpaired) electrons. The third kappa shape index (κ3) is 2.53. The summed E-state index contributed by atoms with van der Waals surface area (Å²) in [5.41, 5.74) is 2.35. The van der Waals surface area contributed by atoms with E-state index >= 15 is 0 Å². The Hall–Kier alpha value is -2.80. The van der Waals surface area contributed by atoms with Crippen LogP contribution in [0.3, 0.4) is 0 Å². The van der Waals surface area contributed by atoms with E-state index in [4.69, 9.17) is 0 Å². The molecule has 0 bridgehead atoms. The summed E-state index contributed by atoms with van der Waals surface area (Å²) in [6.45, 7) is 2.09. The lowest BCUT2D eigenvalue weighted by Gasteiger charge is -2.33. The lowest BCUT2D eigenvalue weighted by atomic mass is 9.83. The van der Waals surface area contributed by atoms with Crippen LogP contribution in [0.2, 0.25) is 0 Å². The molecule has 3 heterocycles. The number of benzene rings is 2. The molecule has 7 heteroatoms. The lowest BCUT2D eigenvalue weighted by Crippen LogP contribution is -2.44. The number of carbonyl (C=O) groups is 3. The number of rotatable bonds is 3. The average Bonchev–Trinajstić information content (AvgIpc) is 3.21. The zero-order valence-electron chi connectivity index (χ0n) is 15.7. The smallest absolute Gasteiger partial charge is 0.235 e. The van der Waals surface area contributed by atoms with Gasteiger partial charge in [0.2, 0.25) is 11.8 Å². The summed E-state index contributed by atoms with van der Waals surface area (Å²) in [5.74, 6) is -2.02. The number of hydrazone groups is 1. The van der Waals surface area contributed by atoms with Crippen LogP contribution in [0.4, 0.5) is 0 Å². The van der Waals surface area contributed by atoms with Gasteiger partial charge in [-0.05, 0) is 30.2 Å². The molecule has 0 aliphatic carbocycles. The molecule has 2 aromatic carbocycles.